The second kappa shape index (κ2) is 8.59. The number of benzene rings is 1. The quantitative estimate of drug-likeness (QED) is 0.431. The van der Waals surface area contributed by atoms with Gasteiger partial charge in [-0.2, -0.15) is 0 Å². The van der Waals surface area contributed by atoms with Gasteiger partial charge in [-0.3, -0.25) is 4.79 Å². The zero-order valence-electron chi connectivity index (χ0n) is 12.8. The summed E-state index contributed by atoms with van der Waals surface area (Å²) in [5.74, 6) is 0.380. The van der Waals surface area contributed by atoms with Crippen molar-refractivity contribution in [2.45, 2.75) is 51.9 Å². The Hall–Kier alpha value is -1.000. The highest BCUT2D eigenvalue weighted by Gasteiger charge is 2.11. The van der Waals surface area contributed by atoms with Crippen LogP contribution in [0.5, 0.6) is 5.75 Å². The second-order valence-electron chi connectivity index (χ2n) is 5.46. The third-order valence-corrected chi connectivity index (χ3v) is 4.84. The summed E-state index contributed by atoms with van der Waals surface area (Å²) in [6, 6.07) is 3.67. The number of hydrogen-bond acceptors (Lipinski definition) is 2. The van der Waals surface area contributed by atoms with Crippen molar-refractivity contribution in [3.8, 4) is 5.75 Å². The number of H-pyrrole nitrogens is 1. The topological polar surface area (TPSA) is 42.1 Å². The molecule has 1 aromatic carbocycles. The molecular formula is C17H21BrClNO2. The van der Waals surface area contributed by atoms with Crippen LogP contribution in [0, 0.1) is 0 Å². The molecule has 0 unspecified atom stereocenters. The van der Waals surface area contributed by atoms with Crippen molar-refractivity contribution in [1.82, 2.24) is 4.98 Å². The zero-order chi connectivity index (χ0) is 15.9. The number of carbonyl (C=O) groups is 1. The van der Waals surface area contributed by atoms with Gasteiger partial charge in [-0.15, -0.1) is 0 Å². The van der Waals surface area contributed by atoms with Crippen molar-refractivity contribution in [1.29, 1.82) is 0 Å². The summed E-state index contributed by atoms with van der Waals surface area (Å²) in [4.78, 5) is 15.0. The van der Waals surface area contributed by atoms with Crippen LogP contribution in [0.25, 0.3) is 10.9 Å². The maximum atomic E-state index is 11.9. The largest absolute Gasteiger partial charge is 0.424 e. The highest BCUT2D eigenvalue weighted by molar-refractivity contribution is 9.10. The van der Waals surface area contributed by atoms with E-state index in [0.717, 1.165) is 28.2 Å². The Balaban J connectivity index is 1.85. The molecule has 0 saturated heterocycles. The van der Waals surface area contributed by atoms with Crippen LogP contribution in [0.3, 0.4) is 0 Å². The number of esters is 1. The van der Waals surface area contributed by atoms with Crippen molar-refractivity contribution in [2.24, 2.45) is 0 Å². The van der Waals surface area contributed by atoms with Gasteiger partial charge in [0.05, 0.1) is 10.5 Å². The average molecular weight is 387 g/mol. The molecule has 0 fully saturated rings. The third kappa shape index (κ3) is 4.75. The molecule has 0 bridgehead atoms. The molecule has 3 nitrogen and oxygen atoms in total. The molecule has 0 amide bonds. The van der Waals surface area contributed by atoms with Crippen LogP contribution in [0.2, 0.25) is 5.02 Å². The van der Waals surface area contributed by atoms with E-state index in [-0.39, 0.29) is 5.97 Å². The molecular weight excluding hydrogens is 366 g/mol. The first kappa shape index (κ1) is 17.4. The van der Waals surface area contributed by atoms with Gasteiger partial charge >= 0.3 is 5.97 Å². The Morgan fingerprint density at radius 2 is 1.95 bits per heavy atom. The van der Waals surface area contributed by atoms with Crippen LogP contribution in [0.1, 0.15) is 51.9 Å². The molecule has 0 aliphatic heterocycles. The van der Waals surface area contributed by atoms with E-state index in [0.29, 0.717) is 17.2 Å². The Kier molecular flexibility index (Phi) is 6.77. The lowest BCUT2D eigenvalue weighted by atomic mass is 10.1. The van der Waals surface area contributed by atoms with Gasteiger partial charge in [0.1, 0.15) is 0 Å². The average Bonchev–Trinajstić information content (AvgIpc) is 2.85. The van der Waals surface area contributed by atoms with Crippen molar-refractivity contribution in [3.05, 3.63) is 27.8 Å². The fourth-order valence-corrected chi connectivity index (χ4v) is 2.91. The molecule has 22 heavy (non-hydrogen) atoms. The van der Waals surface area contributed by atoms with E-state index in [9.17, 15) is 4.79 Å². The lowest BCUT2D eigenvalue weighted by molar-refractivity contribution is -0.134. The normalized spacial score (nSPS) is 11.0. The van der Waals surface area contributed by atoms with Crippen LogP contribution in [-0.4, -0.2) is 11.0 Å². The van der Waals surface area contributed by atoms with Gasteiger partial charge < -0.3 is 9.72 Å². The number of nitrogens with one attached hydrogen (secondary N) is 1. The second-order valence-corrected chi connectivity index (χ2v) is 6.72. The van der Waals surface area contributed by atoms with Crippen LogP contribution in [-0.2, 0) is 4.79 Å². The van der Waals surface area contributed by atoms with Gasteiger partial charge in [0.15, 0.2) is 5.75 Å². The maximum absolute atomic E-state index is 11.9. The predicted molar refractivity (Wildman–Crippen MR) is 94.6 cm³/mol. The van der Waals surface area contributed by atoms with E-state index in [1.165, 1.54) is 25.7 Å². The molecule has 2 aromatic rings. The van der Waals surface area contributed by atoms with Gasteiger partial charge in [-0.05, 0) is 34.5 Å². The molecule has 2 rings (SSSR count). The Bertz CT molecular complexity index is 639. The maximum Gasteiger partial charge on any atom is 0.311 e. The van der Waals surface area contributed by atoms with Gasteiger partial charge in [-0.25, -0.2) is 0 Å². The molecule has 0 spiro atoms. The van der Waals surface area contributed by atoms with Gasteiger partial charge in [-0.1, -0.05) is 50.6 Å². The summed E-state index contributed by atoms with van der Waals surface area (Å²) in [5.41, 5.74) is 0.857. The number of unbranched alkanes of at least 4 members (excludes halogenated alkanes) is 5. The molecule has 1 N–H and O–H groups in total. The monoisotopic (exact) mass is 385 g/mol. The van der Waals surface area contributed by atoms with Crippen molar-refractivity contribution in [2.75, 3.05) is 0 Å². The molecule has 120 valence electrons. The number of aromatic amines is 1. The van der Waals surface area contributed by atoms with E-state index in [4.69, 9.17) is 16.3 Å². The smallest absolute Gasteiger partial charge is 0.311 e. The summed E-state index contributed by atoms with van der Waals surface area (Å²) in [6.45, 7) is 2.20. The minimum absolute atomic E-state index is 0.178. The molecule has 0 atom stereocenters. The number of halogens is 2. The van der Waals surface area contributed by atoms with Gasteiger partial charge in [0.25, 0.3) is 0 Å². The SMILES string of the molecule is CCCCCCCCC(=O)Oc1c[nH]c2cc(Cl)c(Br)cc12. The fourth-order valence-electron chi connectivity index (χ4n) is 2.40. The summed E-state index contributed by atoms with van der Waals surface area (Å²) >= 11 is 9.44. The lowest BCUT2D eigenvalue weighted by Crippen LogP contribution is -2.07. The number of aromatic nitrogens is 1. The number of carbonyl (C=O) groups excluding carboxylic acids is 1. The molecule has 0 radical (unpaired) electrons. The summed E-state index contributed by atoms with van der Waals surface area (Å²) in [7, 11) is 0. The summed E-state index contributed by atoms with van der Waals surface area (Å²) in [5, 5.41) is 1.48. The predicted octanol–water partition coefficient (Wildman–Crippen LogP) is 6.24. The summed E-state index contributed by atoms with van der Waals surface area (Å²) < 4.78 is 6.24. The molecule has 0 aliphatic rings. The van der Waals surface area contributed by atoms with E-state index in [2.05, 4.69) is 27.8 Å². The Morgan fingerprint density at radius 3 is 2.73 bits per heavy atom. The highest BCUT2D eigenvalue weighted by atomic mass is 79.9. The van der Waals surface area contributed by atoms with Crippen molar-refractivity contribution >= 4 is 44.4 Å². The molecule has 5 heteroatoms. The fraction of sp³-hybridized carbons (Fsp3) is 0.471. The minimum Gasteiger partial charge on any atom is -0.424 e. The molecule has 0 saturated carbocycles. The summed E-state index contributed by atoms with van der Waals surface area (Å²) in [6.07, 6.45) is 9.10. The number of hydrogen-bond donors (Lipinski definition) is 1. The van der Waals surface area contributed by atoms with Crippen molar-refractivity contribution < 1.29 is 9.53 Å². The standard InChI is InChI=1S/C17H21BrClNO2/c1-2-3-4-5-6-7-8-17(21)22-16-11-20-15-10-14(19)13(18)9-12(15)16/h9-11,20H,2-8H2,1H3. The van der Waals surface area contributed by atoms with Crippen LogP contribution in [0.15, 0.2) is 22.8 Å². The van der Waals surface area contributed by atoms with Crippen LogP contribution < -0.4 is 4.74 Å². The molecule has 1 heterocycles. The van der Waals surface area contributed by atoms with Gasteiger partial charge in [0, 0.05) is 22.5 Å². The number of fused-ring (bicyclic) bond motifs is 1. The Labute approximate surface area is 144 Å². The van der Waals surface area contributed by atoms with Crippen LogP contribution in [0.4, 0.5) is 0 Å². The number of rotatable bonds is 8. The van der Waals surface area contributed by atoms with E-state index in [1.54, 1.807) is 6.20 Å². The van der Waals surface area contributed by atoms with Gasteiger partial charge in [0.2, 0.25) is 0 Å². The first-order valence-electron chi connectivity index (χ1n) is 7.78. The minimum atomic E-state index is -0.178. The number of ether oxygens (including phenoxy) is 1. The molecule has 0 aliphatic carbocycles. The molecule has 1 aromatic heterocycles. The van der Waals surface area contributed by atoms with Crippen molar-refractivity contribution in [3.63, 3.8) is 0 Å². The highest BCUT2D eigenvalue weighted by Crippen LogP contribution is 2.33. The van der Waals surface area contributed by atoms with E-state index < -0.39 is 0 Å². The van der Waals surface area contributed by atoms with E-state index >= 15 is 0 Å². The first-order chi connectivity index (χ1) is 10.6. The Morgan fingerprint density at radius 1 is 1.23 bits per heavy atom. The third-order valence-electron chi connectivity index (χ3n) is 3.64. The zero-order valence-corrected chi connectivity index (χ0v) is 15.1. The van der Waals surface area contributed by atoms with Crippen LogP contribution >= 0.6 is 27.5 Å². The van der Waals surface area contributed by atoms with E-state index in [1.807, 2.05) is 12.1 Å². The lowest BCUT2D eigenvalue weighted by Gasteiger charge is -2.04. The first-order valence-corrected chi connectivity index (χ1v) is 8.95.